The smallest absolute Gasteiger partial charge is 0.248 e. The second kappa shape index (κ2) is 7.42. The molecule has 0 N–H and O–H groups in total. The number of ether oxygens (including phenoxy) is 1. The summed E-state index contributed by atoms with van der Waals surface area (Å²) in [6.07, 6.45) is 0. The van der Waals surface area contributed by atoms with Crippen LogP contribution in [0.2, 0.25) is 0 Å². The van der Waals surface area contributed by atoms with E-state index < -0.39 is 10.0 Å². The summed E-state index contributed by atoms with van der Waals surface area (Å²) in [6, 6.07) is 5.43. The molecule has 0 unspecified atom stereocenters. The minimum Gasteiger partial charge on any atom is -0.372 e. The number of nitrogens with zero attached hydrogens (tertiary/aromatic N) is 2. The van der Waals surface area contributed by atoms with Crippen LogP contribution in [0.15, 0.2) is 23.1 Å². The highest BCUT2D eigenvalue weighted by Gasteiger charge is 2.30. The van der Waals surface area contributed by atoms with Gasteiger partial charge in [0.2, 0.25) is 15.9 Å². The molecule has 0 radical (unpaired) electrons. The van der Waals surface area contributed by atoms with E-state index in [1.165, 1.54) is 4.31 Å². The fraction of sp³-hybridized carbons (Fsp3) is 0.562. The van der Waals surface area contributed by atoms with Crippen molar-refractivity contribution in [3.05, 3.63) is 29.3 Å². The number of carbonyl (C=O) groups excluding carboxylic acids is 1. The Morgan fingerprint density at radius 3 is 2.43 bits per heavy atom. The fourth-order valence-corrected chi connectivity index (χ4v) is 4.31. The van der Waals surface area contributed by atoms with Crippen LogP contribution in [0.1, 0.15) is 18.1 Å². The predicted molar refractivity (Wildman–Crippen MR) is 87.7 cm³/mol. The van der Waals surface area contributed by atoms with Crippen LogP contribution in [0.5, 0.6) is 0 Å². The highest BCUT2D eigenvalue weighted by atomic mass is 32.2. The van der Waals surface area contributed by atoms with Crippen molar-refractivity contribution in [2.75, 3.05) is 39.4 Å². The largest absolute Gasteiger partial charge is 0.372 e. The van der Waals surface area contributed by atoms with Crippen molar-refractivity contribution in [1.29, 1.82) is 0 Å². The zero-order valence-electron chi connectivity index (χ0n) is 13.9. The fourth-order valence-electron chi connectivity index (χ4n) is 2.58. The van der Waals surface area contributed by atoms with Crippen molar-refractivity contribution < 1.29 is 17.9 Å². The molecule has 1 heterocycles. The standard InChI is InChI=1S/C16H24N2O4S/c1-4-22-12-16(19)17-7-9-18(10-8-17)23(20,21)15-11-13(2)5-6-14(15)3/h5-6,11H,4,7-10,12H2,1-3H3. The van der Waals surface area contributed by atoms with Crippen molar-refractivity contribution in [3.63, 3.8) is 0 Å². The molecule has 1 aromatic rings. The maximum atomic E-state index is 12.8. The zero-order chi connectivity index (χ0) is 17.0. The van der Waals surface area contributed by atoms with Crippen LogP contribution < -0.4 is 0 Å². The molecule has 0 saturated carbocycles. The lowest BCUT2D eigenvalue weighted by atomic mass is 10.2. The number of carbonyl (C=O) groups is 1. The second-order valence-electron chi connectivity index (χ2n) is 5.69. The Kier molecular flexibility index (Phi) is 5.78. The lowest BCUT2D eigenvalue weighted by Crippen LogP contribution is -2.51. The Morgan fingerprint density at radius 2 is 1.83 bits per heavy atom. The summed E-state index contributed by atoms with van der Waals surface area (Å²) >= 11 is 0. The number of hydrogen-bond acceptors (Lipinski definition) is 4. The number of rotatable bonds is 5. The summed E-state index contributed by atoms with van der Waals surface area (Å²) in [5, 5.41) is 0. The van der Waals surface area contributed by atoms with Gasteiger partial charge >= 0.3 is 0 Å². The first kappa shape index (κ1) is 17.9. The molecular weight excluding hydrogens is 316 g/mol. The molecule has 0 aromatic heterocycles. The summed E-state index contributed by atoms with van der Waals surface area (Å²) in [6.45, 7) is 7.49. The number of benzene rings is 1. The van der Waals surface area contributed by atoms with Crippen LogP contribution in [-0.2, 0) is 19.6 Å². The topological polar surface area (TPSA) is 66.9 Å². The average Bonchev–Trinajstić information content (AvgIpc) is 2.54. The van der Waals surface area contributed by atoms with Crippen LogP contribution in [0.4, 0.5) is 0 Å². The Labute approximate surface area is 138 Å². The Bertz CT molecular complexity index is 665. The zero-order valence-corrected chi connectivity index (χ0v) is 14.7. The first-order chi connectivity index (χ1) is 10.9. The molecule has 0 atom stereocenters. The molecule has 1 saturated heterocycles. The Morgan fingerprint density at radius 1 is 1.17 bits per heavy atom. The van der Waals surface area contributed by atoms with E-state index in [0.29, 0.717) is 37.7 Å². The van der Waals surface area contributed by atoms with E-state index in [9.17, 15) is 13.2 Å². The lowest BCUT2D eigenvalue weighted by molar-refractivity contribution is -0.137. The number of sulfonamides is 1. The highest BCUT2D eigenvalue weighted by Crippen LogP contribution is 2.22. The molecule has 128 valence electrons. The molecule has 7 heteroatoms. The molecule has 0 spiro atoms. The second-order valence-corrected chi connectivity index (χ2v) is 7.60. The Hall–Kier alpha value is -1.44. The van der Waals surface area contributed by atoms with E-state index in [1.807, 2.05) is 26.0 Å². The first-order valence-electron chi connectivity index (χ1n) is 7.79. The monoisotopic (exact) mass is 340 g/mol. The van der Waals surface area contributed by atoms with Crippen molar-refractivity contribution in [2.45, 2.75) is 25.7 Å². The minimum atomic E-state index is -3.52. The van der Waals surface area contributed by atoms with Gasteiger partial charge in [-0.1, -0.05) is 12.1 Å². The van der Waals surface area contributed by atoms with Gasteiger partial charge < -0.3 is 9.64 Å². The van der Waals surface area contributed by atoms with E-state index in [0.717, 1.165) is 11.1 Å². The van der Waals surface area contributed by atoms with Crippen LogP contribution in [0.3, 0.4) is 0 Å². The number of amides is 1. The maximum Gasteiger partial charge on any atom is 0.248 e. The maximum absolute atomic E-state index is 12.8. The van der Waals surface area contributed by atoms with Gasteiger partial charge in [-0.25, -0.2) is 8.42 Å². The summed E-state index contributed by atoms with van der Waals surface area (Å²) in [5.41, 5.74) is 1.66. The molecule has 1 aliphatic heterocycles. The third-order valence-electron chi connectivity index (χ3n) is 3.98. The highest BCUT2D eigenvalue weighted by molar-refractivity contribution is 7.89. The third-order valence-corrected chi connectivity index (χ3v) is 6.02. The molecule has 1 amide bonds. The summed E-state index contributed by atoms with van der Waals surface area (Å²) in [4.78, 5) is 13.9. The first-order valence-corrected chi connectivity index (χ1v) is 9.23. The normalized spacial score (nSPS) is 16.6. The van der Waals surface area contributed by atoms with E-state index in [-0.39, 0.29) is 12.5 Å². The number of piperazine rings is 1. The van der Waals surface area contributed by atoms with Gasteiger partial charge in [0.15, 0.2) is 0 Å². The quantitative estimate of drug-likeness (QED) is 0.807. The van der Waals surface area contributed by atoms with Crippen LogP contribution in [0, 0.1) is 13.8 Å². The SMILES string of the molecule is CCOCC(=O)N1CCN(S(=O)(=O)c2cc(C)ccc2C)CC1. The van der Waals surface area contributed by atoms with Gasteiger partial charge in [0, 0.05) is 32.8 Å². The predicted octanol–water partition coefficient (Wildman–Crippen LogP) is 1.17. The van der Waals surface area contributed by atoms with Crippen LogP contribution in [-0.4, -0.2) is 62.9 Å². The van der Waals surface area contributed by atoms with E-state index in [1.54, 1.807) is 17.9 Å². The third kappa shape index (κ3) is 4.10. The lowest BCUT2D eigenvalue weighted by Gasteiger charge is -2.34. The molecule has 23 heavy (non-hydrogen) atoms. The van der Waals surface area contributed by atoms with E-state index in [2.05, 4.69) is 0 Å². The molecule has 1 aliphatic rings. The van der Waals surface area contributed by atoms with Gasteiger partial charge in [0.25, 0.3) is 0 Å². The van der Waals surface area contributed by atoms with Gasteiger partial charge in [0.05, 0.1) is 4.90 Å². The summed E-state index contributed by atoms with van der Waals surface area (Å²) in [5.74, 6) is -0.0874. The number of aryl methyl sites for hydroxylation is 2. The number of hydrogen-bond donors (Lipinski definition) is 0. The van der Waals surface area contributed by atoms with Crippen molar-refractivity contribution in [1.82, 2.24) is 9.21 Å². The molecule has 0 bridgehead atoms. The molecule has 1 aromatic carbocycles. The van der Waals surface area contributed by atoms with Gasteiger partial charge in [-0.3, -0.25) is 4.79 Å². The molecule has 6 nitrogen and oxygen atoms in total. The van der Waals surface area contributed by atoms with Gasteiger partial charge in [-0.05, 0) is 38.0 Å². The van der Waals surface area contributed by atoms with Crippen LogP contribution in [0.25, 0.3) is 0 Å². The summed E-state index contributed by atoms with van der Waals surface area (Å²) < 4.78 is 32.2. The molecular formula is C16H24N2O4S. The molecule has 1 fully saturated rings. The van der Waals surface area contributed by atoms with Gasteiger partial charge in [0.1, 0.15) is 6.61 Å². The van der Waals surface area contributed by atoms with Gasteiger partial charge in [-0.15, -0.1) is 0 Å². The average molecular weight is 340 g/mol. The van der Waals surface area contributed by atoms with Crippen molar-refractivity contribution in [3.8, 4) is 0 Å². The Balaban J connectivity index is 2.07. The van der Waals surface area contributed by atoms with E-state index in [4.69, 9.17) is 4.74 Å². The minimum absolute atomic E-state index is 0.0558. The molecule has 0 aliphatic carbocycles. The van der Waals surface area contributed by atoms with Crippen LogP contribution >= 0.6 is 0 Å². The summed E-state index contributed by atoms with van der Waals surface area (Å²) in [7, 11) is -3.52. The molecule has 2 rings (SSSR count). The van der Waals surface area contributed by atoms with Crippen molar-refractivity contribution >= 4 is 15.9 Å². The van der Waals surface area contributed by atoms with Gasteiger partial charge in [-0.2, -0.15) is 4.31 Å². The van der Waals surface area contributed by atoms with E-state index >= 15 is 0 Å². The van der Waals surface area contributed by atoms with Crippen molar-refractivity contribution in [2.24, 2.45) is 0 Å².